The van der Waals surface area contributed by atoms with E-state index in [1.165, 1.54) is 6.07 Å². The van der Waals surface area contributed by atoms with Crippen molar-refractivity contribution in [1.82, 2.24) is 0 Å². The first kappa shape index (κ1) is 14.3. The Morgan fingerprint density at radius 2 is 1.95 bits per heavy atom. The molecule has 0 aliphatic rings. The Hall–Kier alpha value is -2.07. The quantitative estimate of drug-likeness (QED) is 0.516. The Kier molecular flexibility index (Phi) is 4.25. The molecule has 0 radical (unpaired) electrons. The van der Waals surface area contributed by atoms with Crippen LogP contribution in [0.2, 0.25) is 5.02 Å². The molecule has 2 aromatic rings. The highest BCUT2D eigenvalue weighted by molar-refractivity contribution is 6.31. The first-order valence-corrected chi connectivity index (χ1v) is 6.70. The third-order valence-corrected chi connectivity index (χ3v) is 3.56. The van der Waals surface area contributed by atoms with E-state index in [1.54, 1.807) is 6.07 Å². The molecule has 0 bridgehead atoms. The smallest absolute Gasteiger partial charge is 0.293 e. The summed E-state index contributed by atoms with van der Waals surface area (Å²) in [6, 6.07) is 12.8. The van der Waals surface area contributed by atoms with Crippen molar-refractivity contribution in [3.05, 3.63) is 68.7 Å². The zero-order valence-electron chi connectivity index (χ0n) is 11.0. The fourth-order valence-electron chi connectivity index (χ4n) is 2.38. The fourth-order valence-corrected chi connectivity index (χ4v) is 2.60. The van der Waals surface area contributed by atoms with Gasteiger partial charge in [-0.05, 0) is 23.6 Å². The third-order valence-electron chi connectivity index (χ3n) is 3.34. The molecule has 5 heteroatoms. The summed E-state index contributed by atoms with van der Waals surface area (Å²) in [6.07, 6.45) is 0.783. The van der Waals surface area contributed by atoms with Crippen molar-refractivity contribution < 1.29 is 4.92 Å². The van der Waals surface area contributed by atoms with Crippen molar-refractivity contribution in [3.63, 3.8) is 0 Å². The van der Waals surface area contributed by atoms with E-state index < -0.39 is 4.92 Å². The summed E-state index contributed by atoms with van der Waals surface area (Å²) < 4.78 is 0. The maximum atomic E-state index is 11.0. The van der Waals surface area contributed by atoms with Crippen molar-refractivity contribution in [2.24, 2.45) is 0 Å². The molecule has 1 unspecified atom stereocenters. The summed E-state index contributed by atoms with van der Waals surface area (Å²) >= 11 is 5.99. The van der Waals surface area contributed by atoms with Crippen LogP contribution in [0.5, 0.6) is 0 Å². The van der Waals surface area contributed by atoms with Crippen LogP contribution < -0.4 is 5.73 Å². The number of hydrogen-bond acceptors (Lipinski definition) is 3. The maximum Gasteiger partial charge on any atom is 0.293 e. The number of halogens is 1. The molecular weight excluding hydrogens is 276 g/mol. The number of nitrogens with zero attached hydrogens (tertiary/aromatic N) is 1. The molecule has 2 aromatic carbocycles. The van der Waals surface area contributed by atoms with Crippen LogP contribution in [0.25, 0.3) is 0 Å². The summed E-state index contributed by atoms with van der Waals surface area (Å²) in [7, 11) is 0. The van der Waals surface area contributed by atoms with Crippen LogP contribution in [0.3, 0.4) is 0 Å². The van der Waals surface area contributed by atoms with Gasteiger partial charge in [0.15, 0.2) is 0 Å². The lowest BCUT2D eigenvalue weighted by atomic mass is 9.88. The maximum absolute atomic E-state index is 11.0. The van der Waals surface area contributed by atoms with Crippen molar-refractivity contribution in [3.8, 4) is 0 Å². The minimum Gasteiger partial charge on any atom is -0.393 e. The molecule has 0 aliphatic carbocycles. The van der Waals surface area contributed by atoms with E-state index >= 15 is 0 Å². The third kappa shape index (κ3) is 2.75. The van der Waals surface area contributed by atoms with E-state index in [0.717, 1.165) is 12.0 Å². The van der Waals surface area contributed by atoms with Gasteiger partial charge in [-0.1, -0.05) is 48.9 Å². The SMILES string of the molecule is CCC(c1ccccc1)c1cc(Cl)cc([N+](=O)[O-])c1N. The Labute approximate surface area is 122 Å². The van der Waals surface area contributed by atoms with E-state index in [2.05, 4.69) is 0 Å². The molecule has 0 fully saturated rings. The van der Waals surface area contributed by atoms with Crippen LogP contribution in [0, 0.1) is 10.1 Å². The summed E-state index contributed by atoms with van der Waals surface area (Å²) in [5.41, 5.74) is 7.79. The minimum absolute atomic E-state index is 0.00593. The van der Waals surface area contributed by atoms with Crippen molar-refractivity contribution in [2.45, 2.75) is 19.3 Å². The molecule has 2 N–H and O–H groups in total. The molecule has 0 spiro atoms. The van der Waals surface area contributed by atoms with Gasteiger partial charge in [-0.3, -0.25) is 10.1 Å². The van der Waals surface area contributed by atoms with Crippen LogP contribution in [-0.2, 0) is 0 Å². The molecule has 0 heterocycles. The Bertz CT molecular complexity index is 629. The van der Waals surface area contributed by atoms with Gasteiger partial charge in [0.25, 0.3) is 5.69 Å². The molecule has 1 atom stereocenters. The predicted octanol–water partition coefficient (Wildman–Crippen LogP) is 4.37. The molecule has 20 heavy (non-hydrogen) atoms. The van der Waals surface area contributed by atoms with Gasteiger partial charge in [-0.2, -0.15) is 0 Å². The van der Waals surface area contributed by atoms with Crippen LogP contribution in [0.1, 0.15) is 30.4 Å². The first-order chi connectivity index (χ1) is 9.54. The molecule has 2 rings (SSSR count). The van der Waals surface area contributed by atoms with Gasteiger partial charge in [0.1, 0.15) is 5.69 Å². The largest absolute Gasteiger partial charge is 0.393 e. The standard InChI is InChI=1S/C15H15ClN2O2/c1-2-12(10-6-4-3-5-7-10)13-8-11(16)9-14(15(13)17)18(19)20/h3-9,12H,2,17H2,1H3. The summed E-state index contributed by atoms with van der Waals surface area (Å²) in [5, 5.41) is 11.4. The normalized spacial score (nSPS) is 12.1. The number of nitrogen functional groups attached to an aromatic ring is 1. The first-order valence-electron chi connectivity index (χ1n) is 6.32. The predicted molar refractivity (Wildman–Crippen MR) is 81.1 cm³/mol. The number of nitrogens with two attached hydrogens (primary N) is 1. The summed E-state index contributed by atoms with van der Waals surface area (Å²) in [4.78, 5) is 10.5. The van der Waals surface area contributed by atoms with Crippen molar-refractivity contribution in [2.75, 3.05) is 5.73 Å². The molecule has 4 nitrogen and oxygen atoms in total. The molecule has 0 amide bonds. The van der Waals surface area contributed by atoms with E-state index in [1.807, 2.05) is 37.3 Å². The summed E-state index contributed by atoms with van der Waals surface area (Å²) in [6.45, 7) is 2.02. The Balaban J connectivity index is 2.58. The zero-order chi connectivity index (χ0) is 14.7. The van der Waals surface area contributed by atoms with Gasteiger partial charge in [0.2, 0.25) is 0 Å². The Morgan fingerprint density at radius 1 is 1.30 bits per heavy atom. The van der Waals surface area contributed by atoms with Crippen LogP contribution in [0.15, 0.2) is 42.5 Å². The second-order valence-electron chi connectivity index (χ2n) is 4.56. The van der Waals surface area contributed by atoms with Gasteiger partial charge >= 0.3 is 0 Å². The molecule has 0 saturated heterocycles. The molecule has 104 valence electrons. The lowest BCUT2D eigenvalue weighted by Crippen LogP contribution is -2.06. The van der Waals surface area contributed by atoms with Gasteiger partial charge in [-0.25, -0.2) is 0 Å². The van der Waals surface area contributed by atoms with Crippen LogP contribution in [0.4, 0.5) is 11.4 Å². The van der Waals surface area contributed by atoms with Crippen molar-refractivity contribution in [1.29, 1.82) is 0 Å². The summed E-state index contributed by atoms with van der Waals surface area (Å²) in [5.74, 6) is -0.00593. The molecular formula is C15H15ClN2O2. The monoisotopic (exact) mass is 290 g/mol. The van der Waals surface area contributed by atoms with Crippen LogP contribution >= 0.6 is 11.6 Å². The Morgan fingerprint density at radius 3 is 2.50 bits per heavy atom. The van der Waals surface area contributed by atoms with Gasteiger partial charge in [-0.15, -0.1) is 0 Å². The van der Waals surface area contributed by atoms with Gasteiger partial charge in [0.05, 0.1) is 4.92 Å². The fraction of sp³-hybridized carbons (Fsp3) is 0.200. The highest BCUT2D eigenvalue weighted by atomic mass is 35.5. The average molecular weight is 291 g/mol. The molecule has 0 saturated carbocycles. The molecule has 0 aromatic heterocycles. The highest BCUT2D eigenvalue weighted by Gasteiger charge is 2.22. The van der Waals surface area contributed by atoms with E-state index in [0.29, 0.717) is 10.6 Å². The second kappa shape index (κ2) is 5.92. The van der Waals surface area contributed by atoms with Crippen molar-refractivity contribution >= 4 is 23.0 Å². The minimum atomic E-state index is -0.498. The number of anilines is 1. The second-order valence-corrected chi connectivity index (χ2v) is 4.99. The lowest BCUT2D eigenvalue weighted by Gasteiger charge is -2.18. The van der Waals surface area contributed by atoms with Crippen LogP contribution in [-0.4, -0.2) is 4.92 Å². The van der Waals surface area contributed by atoms with E-state index in [9.17, 15) is 10.1 Å². The topological polar surface area (TPSA) is 69.2 Å². The molecule has 0 aliphatic heterocycles. The number of nitro benzene ring substituents is 1. The number of nitro groups is 1. The lowest BCUT2D eigenvalue weighted by molar-refractivity contribution is -0.383. The van der Waals surface area contributed by atoms with Gasteiger partial charge < -0.3 is 5.73 Å². The number of benzene rings is 2. The zero-order valence-corrected chi connectivity index (χ0v) is 11.8. The van der Waals surface area contributed by atoms with E-state index in [4.69, 9.17) is 17.3 Å². The van der Waals surface area contributed by atoms with E-state index in [-0.39, 0.29) is 17.3 Å². The average Bonchev–Trinajstić information content (AvgIpc) is 2.44. The number of rotatable bonds is 4. The highest BCUT2D eigenvalue weighted by Crippen LogP contribution is 2.38. The number of hydrogen-bond donors (Lipinski definition) is 1. The van der Waals surface area contributed by atoms with Gasteiger partial charge in [0, 0.05) is 17.0 Å².